The molecular formula is C19H18Cl2N4O. The molecule has 0 saturated carbocycles. The lowest BCUT2D eigenvalue weighted by Crippen LogP contribution is -2.30. The molecule has 0 radical (unpaired) electrons. The van der Waals surface area contributed by atoms with Crippen LogP contribution in [0.4, 0.5) is 0 Å². The lowest BCUT2D eigenvalue weighted by molar-refractivity contribution is -0.131. The van der Waals surface area contributed by atoms with Crippen molar-refractivity contribution in [1.82, 2.24) is 19.7 Å². The van der Waals surface area contributed by atoms with Gasteiger partial charge in [-0.05, 0) is 24.6 Å². The summed E-state index contributed by atoms with van der Waals surface area (Å²) in [5.41, 5.74) is 1.83. The van der Waals surface area contributed by atoms with Gasteiger partial charge in [-0.15, -0.1) is 0 Å². The lowest BCUT2D eigenvalue weighted by atomic mass is 10.2. The smallest absolute Gasteiger partial charge is 0.244 e. The number of hydrogen-bond acceptors (Lipinski definition) is 3. The number of amides is 1. The summed E-state index contributed by atoms with van der Waals surface area (Å²) in [6.07, 6.45) is 0. The van der Waals surface area contributed by atoms with Crippen LogP contribution in [0.15, 0.2) is 48.5 Å². The number of hydrogen-bond donors (Lipinski definition) is 0. The second-order valence-electron chi connectivity index (χ2n) is 6.00. The third-order valence-corrected chi connectivity index (χ3v) is 4.66. The summed E-state index contributed by atoms with van der Waals surface area (Å²) in [5.74, 6) is 1.24. The minimum atomic E-state index is -0.0712. The molecule has 2 aromatic carbocycles. The van der Waals surface area contributed by atoms with E-state index < -0.39 is 0 Å². The van der Waals surface area contributed by atoms with Crippen LogP contribution in [0.5, 0.6) is 0 Å². The number of carbonyl (C=O) groups excluding carboxylic acids is 1. The molecule has 134 valence electrons. The van der Waals surface area contributed by atoms with Gasteiger partial charge in [0, 0.05) is 19.2 Å². The molecule has 1 amide bonds. The van der Waals surface area contributed by atoms with E-state index in [0.29, 0.717) is 28.2 Å². The van der Waals surface area contributed by atoms with E-state index in [1.807, 2.05) is 43.3 Å². The van der Waals surface area contributed by atoms with Crippen molar-refractivity contribution in [2.75, 3.05) is 7.05 Å². The van der Waals surface area contributed by atoms with Crippen LogP contribution in [-0.2, 0) is 17.9 Å². The molecule has 0 N–H and O–H groups in total. The van der Waals surface area contributed by atoms with E-state index in [1.54, 1.807) is 28.8 Å². The number of nitrogens with zero attached hydrogens (tertiary/aromatic N) is 4. The van der Waals surface area contributed by atoms with Crippen molar-refractivity contribution in [1.29, 1.82) is 0 Å². The topological polar surface area (TPSA) is 51.0 Å². The highest BCUT2D eigenvalue weighted by Gasteiger charge is 2.16. The molecule has 0 unspecified atom stereocenters. The minimum absolute atomic E-state index is 0.0712. The normalized spacial score (nSPS) is 10.8. The zero-order valence-electron chi connectivity index (χ0n) is 14.5. The van der Waals surface area contributed by atoms with Gasteiger partial charge in [-0.25, -0.2) is 9.67 Å². The van der Waals surface area contributed by atoms with Crippen molar-refractivity contribution in [2.24, 2.45) is 0 Å². The fraction of sp³-hybridized carbons (Fsp3) is 0.211. The molecule has 7 heteroatoms. The van der Waals surface area contributed by atoms with Crippen LogP contribution < -0.4 is 0 Å². The number of benzene rings is 2. The number of carbonyl (C=O) groups is 1. The van der Waals surface area contributed by atoms with Crippen molar-refractivity contribution in [2.45, 2.75) is 20.0 Å². The van der Waals surface area contributed by atoms with Gasteiger partial charge in [-0.1, -0.05) is 59.6 Å². The minimum Gasteiger partial charge on any atom is -0.340 e. The van der Waals surface area contributed by atoms with E-state index in [1.165, 1.54) is 0 Å². The highest BCUT2D eigenvalue weighted by molar-refractivity contribution is 6.42. The fourth-order valence-electron chi connectivity index (χ4n) is 2.62. The Morgan fingerprint density at radius 3 is 2.54 bits per heavy atom. The van der Waals surface area contributed by atoms with Crippen LogP contribution in [0, 0.1) is 6.92 Å². The Hall–Kier alpha value is -2.37. The van der Waals surface area contributed by atoms with Crippen LogP contribution in [0.25, 0.3) is 11.4 Å². The molecule has 0 saturated heterocycles. The number of aromatic nitrogens is 3. The second-order valence-corrected chi connectivity index (χ2v) is 6.82. The first-order valence-electron chi connectivity index (χ1n) is 8.09. The highest BCUT2D eigenvalue weighted by Crippen LogP contribution is 2.23. The monoisotopic (exact) mass is 388 g/mol. The average Bonchev–Trinajstić information content (AvgIpc) is 2.99. The van der Waals surface area contributed by atoms with E-state index in [4.69, 9.17) is 23.2 Å². The molecule has 0 aliphatic rings. The van der Waals surface area contributed by atoms with Crippen molar-refractivity contribution in [3.05, 3.63) is 70.0 Å². The molecule has 26 heavy (non-hydrogen) atoms. The van der Waals surface area contributed by atoms with E-state index in [0.717, 1.165) is 11.1 Å². The summed E-state index contributed by atoms with van der Waals surface area (Å²) in [6, 6.07) is 15.0. The molecule has 1 aromatic heterocycles. The van der Waals surface area contributed by atoms with E-state index in [2.05, 4.69) is 10.1 Å². The first-order valence-corrected chi connectivity index (χ1v) is 8.84. The van der Waals surface area contributed by atoms with Gasteiger partial charge in [0.2, 0.25) is 5.91 Å². The number of likely N-dealkylation sites (N-methyl/N-ethyl adjacent to an activating group) is 1. The van der Waals surface area contributed by atoms with Crippen molar-refractivity contribution in [3.8, 4) is 11.4 Å². The zero-order chi connectivity index (χ0) is 18.7. The first-order chi connectivity index (χ1) is 12.4. The summed E-state index contributed by atoms with van der Waals surface area (Å²) in [6.45, 7) is 2.36. The third-order valence-electron chi connectivity index (χ3n) is 3.92. The van der Waals surface area contributed by atoms with Gasteiger partial charge in [0.15, 0.2) is 5.82 Å². The standard InChI is InChI=1S/C19H18Cl2N4O/c1-13-22-19(15-6-4-3-5-7-15)25(23-13)12-18(26)24(2)11-14-8-9-16(20)17(21)10-14/h3-10H,11-12H2,1-2H3. The van der Waals surface area contributed by atoms with Gasteiger partial charge < -0.3 is 4.90 Å². The number of halogens is 2. The molecule has 0 aliphatic heterocycles. The van der Waals surface area contributed by atoms with Gasteiger partial charge in [0.1, 0.15) is 12.4 Å². The molecule has 1 heterocycles. The molecule has 0 fully saturated rings. The van der Waals surface area contributed by atoms with Crippen LogP contribution in [0.2, 0.25) is 10.0 Å². The molecular weight excluding hydrogens is 371 g/mol. The Bertz CT molecular complexity index is 925. The van der Waals surface area contributed by atoms with Crippen molar-refractivity contribution < 1.29 is 4.79 Å². The number of aryl methyl sites for hydroxylation is 1. The first kappa shape index (κ1) is 18.4. The molecule has 3 aromatic rings. The summed E-state index contributed by atoms with van der Waals surface area (Å²) in [5, 5.41) is 5.33. The van der Waals surface area contributed by atoms with Gasteiger partial charge >= 0.3 is 0 Å². The third kappa shape index (κ3) is 4.23. The van der Waals surface area contributed by atoms with Crippen LogP contribution in [-0.4, -0.2) is 32.6 Å². The van der Waals surface area contributed by atoms with Gasteiger partial charge in [0.25, 0.3) is 0 Å². The molecule has 0 bridgehead atoms. The summed E-state index contributed by atoms with van der Waals surface area (Å²) < 4.78 is 1.64. The largest absolute Gasteiger partial charge is 0.340 e. The number of rotatable bonds is 5. The summed E-state index contributed by atoms with van der Waals surface area (Å²) in [7, 11) is 1.75. The maximum atomic E-state index is 12.6. The maximum Gasteiger partial charge on any atom is 0.244 e. The van der Waals surface area contributed by atoms with E-state index >= 15 is 0 Å². The van der Waals surface area contributed by atoms with Crippen LogP contribution in [0.1, 0.15) is 11.4 Å². The molecule has 0 spiro atoms. The maximum absolute atomic E-state index is 12.6. The fourth-order valence-corrected chi connectivity index (χ4v) is 2.94. The lowest BCUT2D eigenvalue weighted by Gasteiger charge is -2.18. The Kier molecular flexibility index (Phi) is 5.59. The average molecular weight is 389 g/mol. The van der Waals surface area contributed by atoms with Gasteiger partial charge in [-0.2, -0.15) is 5.10 Å². The second kappa shape index (κ2) is 7.89. The van der Waals surface area contributed by atoms with Crippen LogP contribution in [0.3, 0.4) is 0 Å². The SMILES string of the molecule is Cc1nc(-c2ccccc2)n(CC(=O)N(C)Cc2ccc(Cl)c(Cl)c2)n1. The Morgan fingerprint density at radius 2 is 1.85 bits per heavy atom. The Labute approximate surface area is 162 Å². The summed E-state index contributed by atoms with van der Waals surface area (Å²) >= 11 is 12.0. The van der Waals surface area contributed by atoms with Gasteiger partial charge in [-0.3, -0.25) is 4.79 Å². The highest BCUT2D eigenvalue weighted by atomic mass is 35.5. The molecule has 3 rings (SSSR count). The van der Waals surface area contributed by atoms with Crippen molar-refractivity contribution >= 4 is 29.1 Å². The van der Waals surface area contributed by atoms with Crippen LogP contribution >= 0.6 is 23.2 Å². The molecule has 0 atom stereocenters. The molecule has 5 nitrogen and oxygen atoms in total. The zero-order valence-corrected chi connectivity index (χ0v) is 16.0. The Morgan fingerprint density at radius 1 is 1.12 bits per heavy atom. The Balaban J connectivity index is 1.74. The van der Waals surface area contributed by atoms with Gasteiger partial charge in [0.05, 0.1) is 10.0 Å². The predicted molar refractivity (Wildman–Crippen MR) is 103 cm³/mol. The van der Waals surface area contributed by atoms with E-state index in [-0.39, 0.29) is 12.5 Å². The van der Waals surface area contributed by atoms with Crippen molar-refractivity contribution in [3.63, 3.8) is 0 Å². The quantitative estimate of drug-likeness (QED) is 0.657. The predicted octanol–water partition coefficient (Wildman–Crippen LogP) is 4.22. The van der Waals surface area contributed by atoms with E-state index in [9.17, 15) is 4.79 Å². The summed E-state index contributed by atoms with van der Waals surface area (Å²) in [4.78, 5) is 18.7. The molecule has 0 aliphatic carbocycles.